The number of carbonyl (C=O) groups excluding carboxylic acids is 2. The summed E-state index contributed by atoms with van der Waals surface area (Å²) < 4.78 is 67.8. The van der Waals surface area contributed by atoms with Gasteiger partial charge in [-0.05, 0) is 74.5 Å². The Labute approximate surface area is 303 Å². The molecule has 0 saturated carbocycles. The minimum Gasteiger partial charge on any atom is -0.480 e. The Hall–Kier alpha value is -3.54. The number of rotatable bonds is 6. The molecule has 1 fully saturated rings. The SMILES string of the molecule is CC(C)(C)OC(=O)N1CCC[C@H]1[C@@]1(c2ccccc2)Cc2c(cc(F)c(Cl)c2-c2c(C(N)=O)cc3c(c2F)C[C@@H](F)[C@@H]3O[Si](C)(C)C(C)(C)C)O1. The molecule has 0 spiro atoms. The van der Waals surface area contributed by atoms with Crippen molar-refractivity contribution < 1.29 is 36.7 Å². The molecule has 1 saturated heterocycles. The number of ether oxygens (including phenoxy) is 2. The van der Waals surface area contributed by atoms with Crippen molar-refractivity contribution >= 4 is 31.9 Å². The maximum absolute atomic E-state index is 17.1. The zero-order valence-corrected chi connectivity index (χ0v) is 32.1. The predicted octanol–water partition coefficient (Wildman–Crippen LogP) is 9.57. The number of hydrogen-bond donors (Lipinski definition) is 1. The van der Waals surface area contributed by atoms with Crippen LogP contribution in [0.25, 0.3) is 11.1 Å². The van der Waals surface area contributed by atoms with E-state index in [-0.39, 0.29) is 51.4 Å². The van der Waals surface area contributed by atoms with Crippen molar-refractivity contribution in [2.45, 2.75) is 115 Å². The fourth-order valence-corrected chi connectivity index (χ4v) is 8.98. The first-order valence-corrected chi connectivity index (χ1v) is 20.7. The van der Waals surface area contributed by atoms with Crippen LogP contribution >= 0.6 is 11.6 Å². The molecule has 4 atom stereocenters. The second kappa shape index (κ2) is 12.8. The Morgan fingerprint density at radius 2 is 1.71 bits per heavy atom. The molecule has 3 aromatic carbocycles. The van der Waals surface area contributed by atoms with E-state index in [1.165, 1.54) is 6.07 Å². The molecule has 274 valence electrons. The van der Waals surface area contributed by atoms with Gasteiger partial charge >= 0.3 is 6.09 Å². The van der Waals surface area contributed by atoms with Crippen LogP contribution in [-0.2, 0) is 27.6 Å². The van der Waals surface area contributed by atoms with Gasteiger partial charge in [-0.3, -0.25) is 4.79 Å². The van der Waals surface area contributed by atoms with Gasteiger partial charge in [0.1, 0.15) is 35.3 Å². The van der Waals surface area contributed by atoms with Gasteiger partial charge < -0.3 is 24.5 Å². The normalized spacial score (nSPS) is 23.2. The van der Waals surface area contributed by atoms with Crippen LogP contribution in [0.3, 0.4) is 0 Å². The molecular weight excluding hydrogens is 697 g/mol. The molecule has 51 heavy (non-hydrogen) atoms. The molecule has 12 heteroatoms. The van der Waals surface area contributed by atoms with Gasteiger partial charge in [-0.25, -0.2) is 18.0 Å². The number of fused-ring (bicyclic) bond motifs is 2. The lowest BCUT2D eigenvalue weighted by atomic mass is 9.79. The number of amides is 2. The zero-order chi connectivity index (χ0) is 37.4. The van der Waals surface area contributed by atoms with Gasteiger partial charge in [-0.15, -0.1) is 0 Å². The average Bonchev–Trinajstić information content (AvgIpc) is 3.74. The molecule has 0 aromatic heterocycles. The summed E-state index contributed by atoms with van der Waals surface area (Å²) in [5, 5.41) is -0.693. The fraction of sp³-hybridized carbons (Fsp3) is 0.487. The topological polar surface area (TPSA) is 91.1 Å². The summed E-state index contributed by atoms with van der Waals surface area (Å²) >= 11 is 6.73. The third-order valence-electron chi connectivity index (χ3n) is 10.9. The van der Waals surface area contributed by atoms with Crippen molar-refractivity contribution in [2.75, 3.05) is 6.54 Å². The molecule has 0 radical (unpaired) electrons. The van der Waals surface area contributed by atoms with Crippen molar-refractivity contribution in [3.8, 4) is 16.9 Å². The molecule has 1 aliphatic carbocycles. The number of likely N-dealkylation sites (tertiary alicyclic amines) is 1. The Bertz CT molecular complexity index is 1890. The number of primary amides is 1. The molecule has 2 amide bonds. The van der Waals surface area contributed by atoms with Crippen LogP contribution in [0, 0.1) is 11.6 Å². The first kappa shape index (κ1) is 37.2. The van der Waals surface area contributed by atoms with Crippen molar-refractivity contribution in [3.63, 3.8) is 0 Å². The van der Waals surface area contributed by atoms with Crippen molar-refractivity contribution in [1.29, 1.82) is 0 Å². The Morgan fingerprint density at radius 3 is 2.31 bits per heavy atom. The largest absolute Gasteiger partial charge is 0.480 e. The summed E-state index contributed by atoms with van der Waals surface area (Å²) in [5.74, 6) is -2.71. The van der Waals surface area contributed by atoms with Crippen LogP contribution in [0.2, 0.25) is 23.2 Å². The summed E-state index contributed by atoms with van der Waals surface area (Å²) in [7, 11) is -2.54. The maximum Gasteiger partial charge on any atom is 0.410 e. The molecule has 0 bridgehead atoms. The molecule has 2 N–H and O–H groups in total. The van der Waals surface area contributed by atoms with Gasteiger partial charge in [0, 0.05) is 42.1 Å². The van der Waals surface area contributed by atoms with Crippen LogP contribution in [0.4, 0.5) is 18.0 Å². The summed E-state index contributed by atoms with van der Waals surface area (Å²) in [4.78, 5) is 28.4. The third-order valence-corrected chi connectivity index (χ3v) is 15.7. The smallest absolute Gasteiger partial charge is 0.410 e. The number of nitrogens with two attached hydrogens (primary N) is 1. The van der Waals surface area contributed by atoms with Gasteiger partial charge in [0.05, 0.1) is 16.6 Å². The van der Waals surface area contributed by atoms with Crippen LogP contribution in [0.1, 0.15) is 93.1 Å². The van der Waals surface area contributed by atoms with E-state index in [9.17, 15) is 9.59 Å². The second-order valence-electron chi connectivity index (χ2n) is 16.5. The van der Waals surface area contributed by atoms with Crippen molar-refractivity contribution in [3.05, 3.63) is 86.9 Å². The minimum atomic E-state index is -2.54. The fourth-order valence-electron chi connectivity index (χ4n) is 7.45. The second-order valence-corrected chi connectivity index (χ2v) is 21.6. The van der Waals surface area contributed by atoms with Crippen LogP contribution in [0.15, 0.2) is 42.5 Å². The highest BCUT2D eigenvalue weighted by Crippen LogP contribution is 2.55. The zero-order valence-electron chi connectivity index (χ0n) is 30.4. The lowest BCUT2D eigenvalue weighted by Crippen LogP contribution is -2.53. The first-order chi connectivity index (χ1) is 23.7. The molecule has 3 aromatic rings. The molecule has 7 nitrogen and oxygen atoms in total. The lowest BCUT2D eigenvalue weighted by molar-refractivity contribution is -0.0216. The average molecular weight is 743 g/mol. The number of hydrogen-bond acceptors (Lipinski definition) is 5. The Kier molecular flexibility index (Phi) is 9.37. The van der Waals surface area contributed by atoms with Crippen LogP contribution < -0.4 is 10.5 Å². The number of halogens is 4. The van der Waals surface area contributed by atoms with Crippen molar-refractivity contribution in [2.24, 2.45) is 5.73 Å². The monoisotopic (exact) mass is 742 g/mol. The number of carbonyl (C=O) groups is 2. The predicted molar refractivity (Wildman–Crippen MR) is 193 cm³/mol. The highest BCUT2D eigenvalue weighted by molar-refractivity contribution is 6.74. The van der Waals surface area contributed by atoms with Crippen LogP contribution in [0.5, 0.6) is 5.75 Å². The summed E-state index contributed by atoms with van der Waals surface area (Å²) in [6, 6.07) is 11.2. The van der Waals surface area contributed by atoms with E-state index >= 15 is 13.2 Å². The van der Waals surface area contributed by atoms with Crippen LogP contribution in [-0.4, -0.2) is 49.6 Å². The van der Waals surface area contributed by atoms with Gasteiger partial charge in [0.25, 0.3) is 0 Å². The quantitative estimate of drug-likeness (QED) is 0.254. The molecular formula is C39H46ClF3N2O5Si. The highest BCUT2D eigenvalue weighted by Gasteiger charge is 2.55. The van der Waals surface area contributed by atoms with Gasteiger partial charge in [-0.1, -0.05) is 62.7 Å². The first-order valence-electron chi connectivity index (χ1n) is 17.4. The molecule has 0 unspecified atom stereocenters. The van der Waals surface area contributed by atoms with E-state index in [1.807, 2.05) is 64.2 Å². The number of alkyl halides is 1. The van der Waals surface area contributed by atoms with E-state index in [0.717, 1.165) is 6.07 Å². The van der Waals surface area contributed by atoms with E-state index < -0.39 is 66.5 Å². The maximum atomic E-state index is 17.1. The van der Waals surface area contributed by atoms with Gasteiger partial charge in [0.15, 0.2) is 13.9 Å². The van der Waals surface area contributed by atoms with E-state index in [1.54, 1.807) is 25.7 Å². The van der Waals surface area contributed by atoms with E-state index in [0.29, 0.717) is 30.5 Å². The van der Waals surface area contributed by atoms with Crippen molar-refractivity contribution in [1.82, 2.24) is 4.90 Å². The van der Waals surface area contributed by atoms with E-state index in [4.69, 9.17) is 31.2 Å². The van der Waals surface area contributed by atoms with Gasteiger partial charge in [-0.2, -0.15) is 0 Å². The highest BCUT2D eigenvalue weighted by atomic mass is 35.5. The molecule has 2 aliphatic heterocycles. The van der Waals surface area contributed by atoms with Gasteiger partial charge in [0.2, 0.25) is 5.91 Å². The lowest BCUT2D eigenvalue weighted by Gasteiger charge is -2.40. The van der Waals surface area contributed by atoms with E-state index in [2.05, 4.69) is 0 Å². The summed E-state index contributed by atoms with van der Waals surface area (Å²) in [6.07, 6.45) is -2.26. The Morgan fingerprint density at radius 1 is 1.04 bits per heavy atom. The molecule has 2 heterocycles. The standard InChI is InChI=1S/C39H46ClF3N2O5Si/c1-37(2,3)49-36(47)45-16-12-15-29(45)39(21-13-10-9-11-14-21)20-25-28(48-39)19-26(41)32(40)30(25)31-24(35(44)46)17-23-22(33(31)43)18-27(42)34(23)50-51(7,8)38(4,5)6/h9-11,13-14,17,19,27,29,34H,12,15-16,18,20H2,1-8H3,(H2,44,46)/t27-,29+,34-,39+/m1/s1. The molecule has 3 aliphatic rings. The number of nitrogens with zero attached hydrogens (tertiary/aromatic N) is 1. The summed E-state index contributed by atoms with van der Waals surface area (Å²) in [5.41, 5.74) is 4.51. The number of benzene rings is 3. The summed E-state index contributed by atoms with van der Waals surface area (Å²) in [6.45, 7) is 15.8. The molecule has 6 rings (SSSR count). The minimum absolute atomic E-state index is 0.0282. The third kappa shape index (κ3) is 6.43. The Balaban J connectivity index is 1.53.